The summed E-state index contributed by atoms with van der Waals surface area (Å²) in [6.45, 7) is 4.98. The number of hydrogen-bond acceptors (Lipinski definition) is 5. The highest BCUT2D eigenvalue weighted by Gasteiger charge is 2.27. The van der Waals surface area contributed by atoms with E-state index in [1.165, 1.54) is 0 Å². The van der Waals surface area contributed by atoms with E-state index in [2.05, 4.69) is 40.9 Å². The van der Waals surface area contributed by atoms with Crippen molar-refractivity contribution >= 4 is 5.91 Å². The van der Waals surface area contributed by atoms with Crippen LogP contribution in [-0.4, -0.2) is 83.9 Å². The molecule has 25 heavy (non-hydrogen) atoms. The van der Waals surface area contributed by atoms with Crippen LogP contribution in [0.3, 0.4) is 0 Å². The van der Waals surface area contributed by atoms with Gasteiger partial charge >= 0.3 is 5.69 Å². The van der Waals surface area contributed by atoms with Gasteiger partial charge in [0.05, 0.1) is 6.42 Å². The first-order valence-electron chi connectivity index (χ1n) is 8.72. The molecule has 2 heterocycles. The van der Waals surface area contributed by atoms with Crippen LogP contribution in [0.1, 0.15) is 24.1 Å². The maximum Gasteiger partial charge on any atom is 0.325 e. The maximum atomic E-state index is 12.6. The van der Waals surface area contributed by atoms with Crippen LogP contribution < -0.4 is 11.2 Å². The van der Waals surface area contributed by atoms with E-state index in [-0.39, 0.29) is 12.3 Å². The number of hydrogen-bond donors (Lipinski definition) is 2. The van der Waals surface area contributed by atoms with Crippen LogP contribution in [0.15, 0.2) is 9.59 Å². The third-order valence-corrected chi connectivity index (χ3v) is 4.86. The van der Waals surface area contributed by atoms with Gasteiger partial charge in [-0.2, -0.15) is 0 Å². The van der Waals surface area contributed by atoms with Gasteiger partial charge in [0.15, 0.2) is 0 Å². The second kappa shape index (κ2) is 8.44. The van der Waals surface area contributed by atoms with Gasteiger partial charge in [-0.15, -0.1) is 0 Å². The van der Waals surface area contributed by atoms with E-state index in [0.29, 0.717) is 23.8 Å². The standard InChI is InChI=1S/C17H29N5O3/c1-12-14(16(24)19-17(25)18-12)10-15(23)22-7-5-6-13(11-22)21(4)9-8-20(2)3/h13H,5-11H2,1-4H3,(H2,18,19,24,25)/t13-/m1/s1. The first kappa shape index (κ1) is 19.4. The van der Waals surface area contributed by atoms with Gasteiger partial charge in [-0.25, -0.2) is 4.79 Å². The summed E-state index contributed by atoms with van der Waals surface area (Å²) in [5, 5.41) is 0. The number of nitrogens with one attached hydrogen (secondary N) is 2. The Morgan fingerprint density at radius 1 is 1.20 bits per heavy atom. The number of aromatic nitrogens is 2. The molecule has 0 radical (unpaired) electrons. The van der Waals surface area contributed by atoms with Crippen LogP contribution in [0.5, 0.6) is 0 Å². The van der Waals surface area contributed by atoms with Crippen molar-refractivity contribution in [2.24, 2.45) is 0 Å². The molecule has 2 N–H and O–H groups in total. The van der Waals surface area contributed by atoms with Crippen LogP contribution in [0.25, 0.3) is 0 Å². The van der Waals surface area contributed by atoms with Gasteiger partial charge in [0.2, 0.25) is 5.91 Å². The predicted molar refractivity (Wildman–Crippen MR) is 96.9 cm³/mol. The lowest BCUT2D eigenvalue weighted by atomic mass is 10.0. The molecule has 0 saturated carbocycles. The molecule has 1 amide bonds. The van der Waals surface area contributed by atoms with Crippen LogP contribution in [-0.2, 0) is 11.2 Å². The van der Waals surface area contributed by atoms with Gasteiger partial charge in [0, 0.05) is 43.5 Å². The SMILES string of the molecule is Cc1[nH]c(=O)[nH]c(=O)c1CC(=O)N1CCC[C@@H](N(C)CCN(C)C)C1. The summed E-state index contributed by atoms with van der Waals surface area (Å²) in [6.07, 6.45) is 2.06. The molecular weight excluding hydrogens is 322 g/mol. The normalized spacial score (nSPS) is 18.2. The highest BCUT2D eigenvalue weighted by molar-refractivity contribution is 5.79. The molecule has 8 nitrogen and oxygen atoms in total. The van der Waals surface area contributed by atoms with E-state index in [4.69, 9.17) is 0 Å². The Balaban J connectivity index is 2.00. The molecule has 2 rings (SSSR count). The number of carbonyl (C=O) groups excluding carboxylic acids is 1. The van der Waals surface area contributed by atoms with E-state index in [0.717, 1.165) is 32.5 Å². The molecule has 140 valence electrons. The molecule has 1 atom stereocenters. The minimum absolute atomic E-state index is 0.0199. The van der Waals surface area contributed by atoms with Crippen molar-refractivity contribution in [2.75, 3.05) is 47.3 Å². The lowest BCUT2D eigenvalue weighted by molar-refractivity contribution is -0.132. The lowest BCUT2D eigenvalue weighted by Crippen LogP contribution is -2.50. The second-order valence-electron chi connectivity index (χ2n) is 7.11. The third kappa shape index (κ3) is 5.27. The van der Waals surface area contributed by atoms with Crippen molar-refractivity contribution in [3.8, 4) is 0 Å². The molecule has 0 spiro atoms. The number of aryl methyl sites for hydroxylation is 1. The molecule has 0 bridgehead atoms. The highest BCUT2D eigenvalue weighted by Crippen LogP contribution is 2.16. The van der Waals surface area contributed by atoms with E-state index >= 15 is 0 Å². The predicted octanol–water partition coefficient (Wildman–Crippen LogP) is -0.601. The van der Waals surface area contributed by atoms with E-state index < -0.39 is 11.2 Å². The number of carbonyl (C=O) groups is 1. The Labute approximate surface area is 147 Å². The van der Waals surface area contributed by atoms with Gasteiger partial charge in [0.25, 0.3) is 5.56 Å². The molecule has 8 heteroatoms. The molecule has 1 aliphatic rings. The largest absolute Gasteiger partial charge is 0.341 e. The summed E-state index contributed by atoms with van der Waals surface area (Å²) in [6, 6.07) is 0.340. The minimum atomic E-state index is -0.542. The molecule has 0 aromatic carbocycles. The Bertz CT molecular complexity index is 709. The van der Waals surface area contributed by atoms with Gasteiger partial charge in [-0.1, -0.05) is 0 Å². The van der Waals surface area contributed by atoms with Crippen molar-refractivity contribution in [2.45, 2.75) is 32.2 Å². The number of likely N-dealkylation sites (N-methyl/N-ethyl adjacent to an activating group) is 2. The smallest absolute Gasteiger partial charge is 0.325 e. The molecule has 1 aromatic rings. The van der Waals surface area contributed by atoms with Crippen LogP contribution in [0.4, 0.5) is 0 Å². The summed E-state index contributed by atoms with van der Waals surface area (Å²) < 4.78 is 0. The van der Waals surface area contributed by atoms with Crippen molar-refractivity contribution < 1.29 is 4.79 Å². The van der Waals surface area contributed by atoms with Gasteiger partial charge in [0.1, 0.15) is 0 Å². The van der Waals surface area contributed by atoms with Gasteiger partial charge in [-0.3, -0.25) is 14.6 Å². The second-order valence-corrected chi connectivity index (χ2v) is 7.11. The summed E-state index contributed by atoms with van der Waals surface area (Å²) in [4.78, 5) is 46.9. The molecule has 0 unspecified atom stereocenters. The number of nitrogens with zero attached hydrogens (tertiary/aromatic N) is 3. The van der Waals surface area contributed by atoms with Crippen molar-refractivity contribution in [3.05, 3.63) is 32.1 Å². The Hall–Kier alpha value is -1.93. The molecule has 0 aliphatic carbocycles. The Morgan fingerprint density at radius 2 is 1.92 bits per heavy atom. The summed E-state index contributed by atoms with van der Waals surface area (Å²) >= 11 is 0. The van der Waals surface area contributed by atoms with Crippen molar-refractivity contribution in [1.29, 1.82) is 0 Å². The average Bonchev–Trinajstić information content (AvgIpc) is 2.55. The average molecular weight is 351 g/mol. The zero-order valence-electron chi connectivity index (χ0n) is 15.6. The topological polar surface area (TPSA) is 92.5 Å². The van der Waals surface area contributed by atoms with Crippen molar-refractivity contribution in [3.63, 3.8) is 0 Å². The fraction of sp³-hybridized carbons (Fsp3) is 0.706. The number of amides is 1. The molecular formula is C17H29N5O3. The summed E-state index contributed by atoms with van der Waals surface area (Å²) in [5.41, 5.74) is -0.225. The number of likely N-dealkylation sites (tertiary alicyclic amines) is 1. The number of piperidine rings is 1. The fourth-order valence-electron chi connectivity index (χ4n) is 3.18. The van der Waals surface area contributed by atoms with Crippen LogP contribution in [0, 0.1) is 6.92 Å². The quantitative estimate of drug-likeness (QED) is 0.714. The summed E-state index contributed by atoms with van der Waals surface area (Å²) in [7, 11) is 6.20. The molecule has 1 saturated heterocycles. The van der Waals surface area contributed by atoms with Crippen LogP contribution in [0.2, 0.25) is 0 Å². The number of aromatic amines is 2. The van der Waals surface area contributed by atoms with Crippen molar-refractivity contribution in [1.82, 2.24) is 24.7 Å². The van der Waals surface area contributed by atoms with Gasteiger partial charge in [-0.05, 0) is 40.9 Å². The highest BCUT2D eigenvalue weighted by atomic mass is 16.2. The van der Waals surface area contributed by atoms with E-state index in [1.807, 2.05) is 4.90 Å². The van der Waals surface area contributed by atoms with E-state index in [1.54, 1.807) is 6.92 Å². The minimum Gasteiger partial charge on any atom is -0.341 e. The Morgan fingerprint density at radius 3 is 2.56 bits per heavy atom. The molecule has 1 aromatic heterocycles. The van der Waals surface area contributed by atoms with Gasteiger partial charge < -0.3 is 19.7 Å². The monoisotopic (exact) mass is 351 g/mol. The first-order valence-corrected chi connectivity index (χ1v) is 8.72. The summed E-state index contributed by atoms with van der Waals surface area (Å²) in [5.74, 6) is -0.0636. The lowest BCUT2D eigenvalue weighted by Gasteiger charge is -2.38. The maximum absolute atomic E-state index is 12.6. The van der Waals surface area contributed by atoms with Crippen LogP contribution >= 0.6 is 0 Å². The molecule has 1 aliphatic heterocycles. The third-order valence-electron chi connectivity index (χ3n) is 4.86. The zero-order chi connectivity index (χ0) is 18.6. The molecule has 1 fully saturated rings. The zero-order valence-corrected chi connectivity index (χ0v) is 15.6. The fourth-order valence-corrected chi connectivity index (χ4v) is 3.18. The number of rotatable bonds is 6. The first-order chi connectivity index (χ1) is 11.8. The number of H-pyrrole nitrogens is 2. The Kier molecular flexibility index (Phi) is 6.55. The van der Waals surface area contributed by atoms with E-state index in [9.17, 15) is 14.4 Å².